The quantitative estimate of drug-likeness (QED) is 0.400. The lowest BCUT2D eigenvalue weighted by Gasteiger charge is -2.26. The summed E-state index contributed by atoms with van der Waals surface area (Å²) in [6.07, 6.45) is -1.13. The lowest BCUT2D eigenvalue weighted by Crippen LogP contribution is -2.42. The minimum Gasteiger partial charge on any atom is -0.379 e. The fourth-order valence-corrected chi connectivity index (χ4v) is 0.910. The summed E-state index contributed by atoms with van der Waals surface area (Å²) in [6.45, 7) is 2.07. The molecule has 0 radical (unpaired) electrons. The van der Waals surface area contributed by atoms with Crippen LogP contribution in [0, 0.1) is 0 Å². The maximum Gasteiger partial charge on any atom is 0.209 e. The summed E-state index contributed by atoms with van der Waals surface area (Å²) in [4.78, 5) is 11.4. The van der Waals surface area contributed by atoms with Crippen molar-refractivity contribution in [1.82, 2.24) is 4.90 Å². The van der Waals surface area contributed by atoms with Gasteiger partial charge in [0, 0.05) is 13.1 Å². The smallest absolute Gasteiger partial charge is 0.209 e. The van der Waals surface area contributed by atoms with Gasteiger partial charge < -0.3 is 4.74 Å². The number of aldehydes is 1. The highest BCUT2D eigenvalue weighted by Gasteiger charge is 2.18. The van der Waals surface area contributed by atoms with Crippen LogP contribution in [0.4, 0.5) is 4.39 Å². The summed E-state index contributed by atoms with van der Waals surface area (Å²) in [5.74, 6) is 0. The van der Waals surface area contributed by atoms with E-state index in [0.29, 0.717) is 32.6 Å². The second-order valence-corrected chi connectivity index (χ2v) is 2.16. The molecular formula is C6H10FNO2. The average Bonchev–Trinajstić information content (AvgIpc) is 2.05. The third-order valence-corrected chi connectivity index (χ3v) is 1.51. The maximum absolute atomic E-state index is 12.5. The predicted molar refractivity (Wildman–Crippen MR) is 33.4 cm³/mol. The van der Waals surface area contributed by atoms with E-state index in [-0.39, 0.29) is 0 Å². The first kappa shape index (κ1) is 7.63. The Labute approximate surface area is 58.8 Å². The van der Waals surface area contributed by atoms with Gasteiger partial charge >= 0.3 is 0 Å². The number of ether oxygens (including phenoxy) is 1. The standard InChI is InChI=1S/C6H10FNO2/c7-6(5-9)8-1-3-10-4-2-8/h5-6H,1-4H2. The molecule has 0 bridgehead atoms. The van der Waals surface area contributed by atoms with Gasteiger partial charge in [0.15, 0.2) is 6.29 Å². The molecular weight excluding hydrogens is 137 g/mol. The van der Waals surface area contributed by atoms with E-state index in [1.807, 2.05) is 0 Å². The minimum absolute atomic E-state index is 0.311. The summed E-state index contributed by atoms with van der Waals surface area (Å²) >= 11 is 0. The average molecular weight is 147 g/mol. The van der Waals surface area contributed by atoms with E-state index in [2.05, 4.69) is 0 Å². The zero-order valence-corrected chi connectivity index (χ0v) is 5.62. The number of morpholine rings is 1. The molecule has 1 heterocycles. The van der Waals surface area contributed by atoms with E-state index in [1.54, 1.807) is 0 Å². The molecule has 1 aliphatic heterocycles. The van der Waals surface area contributed by atoms with Crippen molar-refractivity contribution in [3.05, 3.63) is 0 Å². The Hall–Kier alpha value is -0.480. The summed E-state index contributed by atoms with van der Waals surface area (Å²) < 4.78 is 17.5. The highest BCUT2D eigenvalue weighted by molar-refractivity contribution is 5.55. The first-order valence-corrected chi connectivity index (χ1v) is 3.26. The maximum atomic E-state index is 12.5. The van der Waals surface area contributed by atoms with Crippen LogP contribution in [-0.2, 0) is 9.53 Å². The van der Waals surface area contributed by atoms with Crippen molar-refractivity contribution in [3.8, 4) is 0 Å². The van der Waals surface area contributed by atoms with Crippen molar-refractivity contribution in [1.29, 1.82) is 0 Å². The van der Waals surface area contributed by atoms with Gasteiger partial charge in [-0.25, -0.2) is 4.39 Å². The molecule has 0 aliphatic carbocycles. The zero-order chi connectivity index (χ0) is 7.40. The van der Waals surface area contributed by atoms with Crippen LogP contribution in [0.5, 0.6) is 0 Å². The monoisotopic (exact) mass is 147 g/mol. The van der Waals surface area contributed by atoms with Crippen molar-refractivity contribution in [2.75, 3.05) is 26.3 Å². The van der Waals surface area contributed by atoms with Crippen molar-refractivity contribution in [3.63, 3.8) is 0 Å². The molecule has 3 nitrogen and oxygen atoms in total. The second kappa shape index (κ2) is 3.63. The summed E-state index contributed by atoms with van der Waals surface area (Å²) in [5.41, 5.74) is 0. The molecule has 0 spiro atoms. The molecule has 1 unspecified atom stereocenters. The van der Waals surface area contributed by atoms with Crippen LogP contribution >= 0.6 is 0 Å². The topological polar surface area (TPSA) is 29.5 Å². The van der Waals surface area contributed by atoms with Gasteiger partial charge in [-0.05, 0) is 0 Å². The molecule has 0 aromatic rings. The predicted octanol–water partition coefficient (Wildman–Crippen LogP) is -0.187. The van der Waals surface area contributed by atoms with Crippen LogP contribution in [0.25, 0.3) is 0 Å². The molecule has 0 saturated carbocycles. The van der Waals surface area contributed by atoms with Gasteiger partial charge in [0.05, 0.1) is 13.2 Å². The molecule has 58 valence electrons. The minimum atomic E-state index is -1.44. The van der Waals surface area contributed by atoms with E-state index < -0.39 is 6.30 Å². The van der Waals surface area contributed by atoms with E-state index >= 15 is 0 Å². The Morgan fingerprint density at radius 3 is 2.60 bits per heavy atom. The molecule has 1 aliphatic rings. The summed E-state index contributed by atoms with van der Waals surface area (Å²) in [5, 5.41) is 0. The highest BCUT2D eigenvalue weighted by Crippen LogP contribution is 2.01. The third-order valence-electron chi connectivity index (χ3n) is 1.51. The molecule has 0 aromatic carbocycles. The summed E-state index contributed by atoms with van der Waals surface area (Å²) in [6, 6.07) is 0. The van der Waals surface area contributed by atoms with Gasteiger partial charge in [-0.3, -0.25) is 9.69 Å². The van der Waals surface area contributed by atoms with Crippen molar-refractivity contribution < 1.29 is 13.9 Å². The van der Waals surface area contributed by atoms with Crippen LogP contribution in [0.15, 0.2) is 0 Å². The lowest BCUT2D eigenvalue weighted by molar-refractivity contribution is -0.120. The van der Waals surface area contributed by atoms with Gasteiger partial charge in [0.25, 0.3) is 0 Å². The van der Waals surface area contributed by atoms with E-state index in [9.17, 15) is 9.18 Å². The van der Waals surface area contributed by atoms with E-state index in [1.165, 1.54) is 4.90 Å². The molecule has 1 saturated heterocycles. The Balaban J connectivity index is 2.30. The Morgan fingerprint density at radius 2 is 2.10 bits per heavy atom. The number of alkyl halides is 1. The first-order chi connectivity index (χ1) is 4.84. The number of halogens is 1. The van der Waals surface area contributed by atoms with Crippen LogP contribution in [0.3, 0.4) is 0 Å². The normalized spacial score (nSPS) is 24.1. The van der Waals surface area contributed by atoms with Gasteiger partial charge in [-0.2, -0.15) is 0 Å². The van der Waals surface area contributed by atoms with E-state index in [0.717, 1.165) is 0 Å². The van der Waals surface area contributed by atoms with Crippen molar-refractivity contribution in [2.24, 2.45) is 0 Å². The van der Waals surface area contributed by atoms with Crippen LogP contribution in [0.1, 0.15) is 0 Å². The summed E-state index contributed by atoms with van der Waals surface area (Å²) in [7, 11) is 0. The molecule has 0 N–H and O–H groups in total. The molecule has 1 rings (SSSR count). The van der Waals surface area contributed by atoms with Gasteiger partial charge in [0.2, 0.25) is 6.30 Å². The number of hydrogen-bond donors (Lipinski definition) is 0. The molecule has 1 atom stereocenters. The third kappa shape index (κ3) is 1.75. The number of rotatable bonds is 2. The van der Waals surface area contributed by atoms with Crippen LogP contribution in [-0.4, -0.2) is 43.8 Å². The number of hydrogen-bond acceptors (Lipinski definition) is 3. The molecule has 0 aromatic heterocycles. The van der Waals surface area contributed by atoms with Gasteiger partial charge in [0.1, 0.15) is 0 Å². The second-order valence-electron chi connectivity index (χ2n) is 2.16. The Morgan fingerprint density at radius 1 is 1.50 bits per heavy atom. The van der Waals surface area contributed by atoms with Crippen molar-refractivity contribution >= 4 is 6.29 Å². The van der Waals surface area contributed by atoms with Gasteiger partial charge in [-0.1, -0.05) is 0 Å². The molecule has 4 heteroatoms. The molecule has 0 amide bonds. The zero-order valence-electron chi connectivity index (χ0n) is 5.62. The fraction of sp³-hybridized carbons (Fsp3) is 0.833. The largest absolute Gasteiger partial charge is 0.379 e. The number of nitrogens with zero attached hydrogens (tertiary/aromatic N) is 1. The van der Waals surface area contributed by atoms with Crippen LogP contribution in [0.2, 0.25) is 0 Å². The highest BCUT2D eigenvalue weighted by atomic mass is 19.1. The van der Waals surface area contributed by atoms with E-state index in [4.69, 9.17) is 4.74 Å². The first-order valence-electron chi connectivity index (χ1n) is 3.26. The Bertz CT molecular complexity index is 114. The lowest BCUT2D eigenvalue weighted by atomic mass is 10.4. The molecule has 1 fully saturated rings. The number of carbonyl (C=O) groups excluding carboxylic acids is 1. The Kier molecular flexibility index (Phi) is 2.77. The fourth-order valence-electron chi connectivity index (χ4n) is 0.910. The van der Waals surface area contributed by atoms with Gasteiger partial charge in [-0.15, -0.1) is 0 Å². The van der Waals surface area contributed by atoms with Crippen LogP contribution < -0.4 is 0 Å². The SMILES string of the molecule is O=CC(F)N1CCOCC1. The number of carbonyl (C=O) groups is 1. The van der Waals surface area contributed by atoms with Crippen molar-refractivity contribution in [2.45, 2.75) is 6.30 Å². The molecule has 10 heavy (non-hydrogen) atoms.